The van der Waals surface area contributed by atoms with Crippen LogP contribution in [-0.2, 0) is 0 Å². The van der Waals surface area contributed by atoms with Gasteiger partial charge in [-0.15, -0.1) is 0 Å². The van der Waals surface area contributed by atoms with Gasteiger partial charge in [0.1, 0.15) is 0 Å². The summed E-state index contributed by atoms with van der Waals surface area (Å²) in [6.45, 7) is 10.9. The molecule has 1 unspecified atom stereocenters. The van der Waals surface area contributed by atoms with Crippen molar-refractivity contribution in [1.82, 2.24) is 0 Å². The van der Waals surface area contributed by atoms with Gasteiger partial charge in [0.15, 0.2) is 5.67 Å². The maximum absolute atomic E-state index is 13.6. The third-order valence-corrected chi connectivity index (χ3v) is 1.80. The minimum atomic E-state index is -1.52. The van der Waals surface area contributed by atoms with Crippen LogP contribution in [0.3, 0.4) is 0 Å². The molecule has 0 radical (unpaired) electrons. The van der Waals surface area contributed by atoms with Crippen molar-refractivity contribution in [3.05, 3.63) is 12.2 Å². The first-order valence-electron chi connectivity index (χ1n) is 4.30. The van der Waals surface area contributed by atoms with Gasteiger partial charge in [-0.1, -0.05) is 39.2 Å². The van der Waals surface area contributed by atoms with Gasteiger partial charge in [-0.2, -0.15) is 0 Å². The van der Waals surface area contributed by atoms with Gasteiger partial charge in [0.25, 0.3) is 0 Å². The van der Waals surface area contributed by atoms with E-state index in [0.29, 0.717) is 12.0 Å². The van der Waals surface area contributed by atoms with E-state index >= 15 is 0 Å². The van der Waals surface area contributed by atoms with Crippen LogP contribution in [0.2, 0.25) is 0 Å². The largest absolute Gasteiger partial charge is 0.225 e. The van der Waals surface area contributed by atoms with Crippen LogP contribution in [0.5, 0.6) is 0 Å². The molecule has 0 bridgehead atoms. The van der Waals surface area contributed by atoms with Crippen LogP contribution in [0.4, 0.5) is 4.39 Å². The lowest BCUT2D eigenvalue weighted by atomic mass is 9.90. The van der Waals surface area contributed by atoms with Crippen LogP contribution in [0, 0.1) is 17.8 Å². The zero-order chi connectivity index (χ0) is 9.78. The van der Waals surface area contributed by atoms with Crippen LogP contribution in [0.25, 0.3) is 0 Å². The second kappa shape index (κ2) is 4.30. The number of alkyl halides is 1. The molecule has 0 fully saturated rings. The van der Waals surface area contributed by atoms with E-state index in [4.69, 9.17) is 0 Å². The molecule has 0 heterocycles. The molecule has 0 saturated heterocycles. The SMILES string of the molecule is C=C(C(C)C)C(C)(F)C#CCC. The Balaban J connectivity index is 4.50. The molecule has 0 saturated carbocycles. The highest BCUT2D eigenvalue weighted by Gasteiger charge is 2.25. The standard InChI is InChI=1S/C11H17F/c1-6-7-8-11(5,12)10(4)9(2)3/h9H,4,6H2,1-3,5H3. The predicted octanol–water partition coefficient (Wildman–Crippen LogP) is 3.34. The highest BCUT2D eigenvalue weighted by atomic mass is 19.1. The number of allylic oxidation sites excluding steroid dienone is 1. The Morgan fingerprint density at radius 3 is 2.42 bits per heavy atom. The van der Waals surface area contributed by atoms with Gasteiger partial charge in [0, 0.05) is 6.42 Å². The number of hydrogen-bond donors (Lipinski definition) is 0. The fraction of sp³-hybridized carbons (Fsp3) is 0.636. The molecule has 0 amide bonds. The van der Waals surface area contributed by atoms with Crippen molar-refractivity contribution in [3.8, 4) is 11.8 Å². The monoisotopic (exact) mass is 168 g/mol. The smallest absolute Gasteiger partial charge is 0.189 e. The van der Waals surface area contributed by atoms with E-state index in [-0.39, 0.29) is 5.92 Å². The zero-order valence-electron chi connectivity index (χ0n) is 8.37. The van der Waals surface area contributed by atoms with Crippen molar-refractivity contribution >= 4 is 0 Å². The van der Waals surface area contributed by atoms with E-state index in [1.54, 1.807) is 0 Å². The Kier molecular flexibility index (Phi) is 4.03. The molecule has 0 rings (SSSR count). The molecular weight excluding hydrogens is 151 g/mol. The molecule has 0 nitrogen and oxygen atoms in total. The summed E-state index contributed by atoms with van der Waals surface area (Å²) in [6, 6.07) is 0. The lowest BCUT2D eigenvalue weighted by molar-refractivity contribution is 0.303. The minimum absolute atomic E-state index is 0.145. The molecule has 0 aliphatic carbocycles. The summed E-state index contributed by atoms with van der Waals surface area (Å²) in [6.07, 6.45) is 0.685. The Labute approximate surface area is 74.9 Å². The van der Waals surface area contributed by atoms with Gasteiger partial charge < -0.3 is 0 Å². The Morgan fingerprint density at radius 2 is 2.08 bits per heavy atom. The molecule has 0 spiro atoms. The molecule has 12 heavy (non-hydrogen) atoms. The summed E-state index contributed by atoms with van der Waals surface area (Å²) in [7, 11) is 0. The topological polar surface area (TPSA) is 0 Å². The fourth-order valence-electron chi connectivity index (χ4n) is 0.877. The molecule has 0 aromatic heterocycles. The van der Waals surface area contributed by atoms with E-state index in [0.717, 1.165) is 0 Å². The second-order valence-electron chi connectivity index (χ2n) is 3.34. The first-order valence-corrected chi connectivity index (χ1v) is 4.30. The predicted molar refractivity (Wildman–Crippen MR) is 51.6 cm³/mol. The molecule has 0 aliphatic heterocycles. The van der Waals surface area contributed by atoms with E-state index in [2.05, 4.69) is 18.4 Å². The fourth-order valence-corrected chi connectivity index (χ4v) is 0.877. The average Bonchev–Trinajstić information content (AvgIpc) is 1.99. The Morgan fingerprint density at radius 1 is 1.58 bits per heavy atom. The third-order valence-electron chi connectivity index (χ3n) is 1.80. The maximum atomic E-state index is 13.6. The number of halogens is 1. The molecule has 0 aromatic rings. The van der Waals surface area contributed by atoms with Crippen LogP contribution in [-0.4, -0.2) is 5.67 Å². The normalized spacial score (nSPS) is 14.8. The first-order chi connectivity index (χ1) is 5.41. The van der Waals surface area contributed by atoms with Crippen LogP contribution in [0.15, 0.2) is 12.2 Å². The van der Waals surface area contributed by atoms with Gasteiger partial charge in [-0.05, 0) is 18.4 Å². The summed E-state index contributed by atoms with van der Waals surface area (Å²) in [4.78, 5) is 0. The number of hydrogen-bond acceptors (Lipinski definition) is 0. The van der Waals surface area contributed by atoms with Crippen molar-refractivity contribution in [2.24, 2.45) is 5.92 Å². The molecule has 0 aliphatic rings. The summed E-state index contributed by atoms with van der Waals surface area (Å²) in [5, 5.41) is 0. The lowest BCUT2D eigenvalue weighted by Crippen LogP contribution is -2.21. The summed E-state index contributed by atoms with van der Waals surface area (Å²) < 4.78 is 13.6. The van der Waals surface area contributed by atoms with E-state index in [1.165, 1.54) is 6.92 Å². The van der Waals surface area contributed by atoms with Gasteiger partial charge in [0.05, 0.1) is 0 Å². The lowest BCUT2D eigenvalue weighted by Gasteiger charge is -2.19. The van der Waals surface area contributed by atoms with Crippen LogP contribution < -0.4 is 0 Å². The Hall–Kier alpha value is -0.770. The van der Waals surface area contributed by atoms with E-state index < -0.39 is 5.67 Å². The summed E-state index contributed by atoms with van der Waals surface area (Å²) >= 11 is 0. The van der Waals surface area contributed by atoms with Crippen LogP contribution in [0.1, 0.15) is 34.1 Å². The minimum Gasteiger partial charge on any atom is -0.225 e. The quantitative estimate of drug-likeness (QED) is 0.438. The average molecular weight is 168 g/mol. The maximum Gasteiger partial charge on any atom is 0.189 e. The van der Waals surface area contributed by atoms with Crippen molar-refractivity contribution in [1.29, 1.82) is 0 Å². The summed E-state index contributed by atoms with van der Waals surface area (Å²) in [5.74, 6) is 5.46. The zero-order valence-corrected chi connectivity index (χ0v) is 8.37. The highest BCUT2D eigenvalue weighted by Crippen LogP contribution is 2.25. The van der Waals surface area contributed by atoms with Gasteiger partial charge in [-0.3, -0.25) is 0 Å². The number of rotatable bonds is 2. The Bertz CT molecular complexity index is 213. The second-order valence-corrected chi connectivity index (χ2v) is 3.34. The van der Waals surface area contributed by atoms with Crippen molar-refractivity contribution in [2.75, 3.05) is 0 Å². The van der Waals surface area contributed by atoms with Gasteiger partial charge >= 0.3 is 0 Å². The first kappa shape index (κ1) is 11.2. The van der Waals surface area contributed by atoms with Crippen molar-refractivity contribution in [2.45, 2.75) is 39.8 Å². The van der Waals surface area contributed by atoms with Gasteiger partial charge in [0.2, 0.25) is 0 Å². The van der Waals surface area contributed by atoms with E-state index in [1.807, 2.05) is 20.8 Å². The van der Waals surface area contributed by atoms with Gasteiger partial charge in [-0.25, -0.2) is 4.39 Å². The van der Waals surface area contributed by atoms with Crippen molar-refractivity contribution < 1.29 is 4.39 Å². The molecule has 1 atom stereocenters. The summed E-state index contributed by atoms with van der Waals surface area (Å²) in [5.41, 5.74) is -0.965. The third kappa shape index (κ3) is 3.09. The molecule has 0 N–H and O–H groups in total. The highest BCUT2D eigenvalue weighted by molar-refractivity contribution is 5.28. The van der Waals surface area contributed by atoms with Crippen LogP contribution >= 0.6 is 0 Å². The van der Waals surface area contributed by atoms with Crippen molar-refractivity contribution in [3.63, 3.8) is 0 Å². The molecule has 1 heteroatoms. The van der Waals surface area contributed by atoms with E-state index in [9.17, 15) is 4.39 Å². The molecule has 68 valence electrons. The molecular formula is C11H17F. The molecule has 0 aromatic carbocycles.